The van der Waals surface area contributed by atoms with E-state index in [0.29, 0.717) is 0 Å². The van der Waals surface area contributed by atoms with Crippen molar-refractivity contribution >= 4 is 85.1 Å². The van der Waals surface area contributed by atoms with Gasteiger partial charge in [0, 0.05) is 53.1 Å². The summed E-state index contributed by atoms with van der Waals surface area (Å²) in [5.41, 5.74) is 4.86. The first-order chi connectivity index (χ1) is 18.9. The molecule has 0 spiro atoms. The van der Waals surface area contributed by atoms with Crippen LogP contribution in [0.4, 0.5) is 0 Å². The molecule has 0 aliphatic heterocycles. The van der Waals surface area contributed by atoms with Crippen molar-refractivity contribution < 1.29 is 0 Å². The molecule has 0 saturated carbocycles. The minimum atomic E-state index is 1.19. The van der Waals surface area contributed by atoms with E-state index in [-0.39, 0.29) is 0 Å². The highest BCUT2D eigenvalue weighted by molar-refractivity contribution is 7.28. The largest absolute Gasteiger partial charge is 0.309 e. The molecule has 0 atom stereocenters. The maximum atomic E-state index is 2.51. The van der Waals surface area contributed by atoms with Crippen molar-refractivity contribution in [2.45, 2.75) is 0 Å². The number of benzene rings is 5. The van der Waals surface area contributed by atoms with Crippen LogP contribution >= 0.6 is 22.7 Å². The van der Waals surface area contributed by atoms with Gasteiger partial charge in [-0.25, -0.2) is 0 Å². The SMILES string of the molecule is c1ccc(-n2c3ccccc3c3cc(-n4c5sc6ccccc6c5c5c6ccccc6sc54)ccc32)cc1. The number of nitrogens with zero attached hydrogens (tertiary/aromatic N) is 2. The fraction of sp³-hybridized carbons (Fsp3) is 0. The summed E-state index contributed by atoms with van der Waals surface area (Å²) in [6.45, 7) is 0. The third kappa shape index (κ3) is 2.66. The lowest BCUT2D eigenvalue weighted by molar-refractivity contribution is 1.17. The van der Waals surface area contributed by atoms with Gasteiger partial charge in [-0.3, -0.25) is 4.57 Å². The number of para-hydroxylation sites is 2. The van der Waals surface area contributed by atoms with Gasteiger partial charge >= 0.3 is 0 Å². The zero-order valence-electron chi connectivity index (χ0n) is 20.3. The maximum absolute atomic E-state index is 2.51. The van der Waals surface area contributed by atoms with E-state index in [9.17, 15) is 0 Å². The van der Waals surface area contributed by atoms with Crippen LogP contribution in [0.5, 0.6) is 0 Å². The molecular formula is C34H20N2S2. The van der Waals surface area contributed by atoms with E-state index in [1.165, 1.54) is 73.8 Å². The van der Waals surface area contributed by atoms with Crippen LogP contribution in [0, 0.1) is 0 Å². The Morgan fingerprint density at radius 2 is 0.947 bits per heavy atom. The predicted molar refractivity (Wildman–Crippen MR) is 166 cm³/mol. The molecule has 0 N–H and O–H groups in total. The predicted octanol–water partition coefficient (Wildman–Crippen LogP) is 10.3. The van der Waals surface area contributed by atoms with Crippen molar-refractivity contribution in [3.63, 3.8) is 0 Å². The zero-order valence-corrected chi connectivity index (χ0v) is 21.9. The summed E-state index contributed by atoms with van der Waals surface area (Å²) in [7, 11) is 0. The van der Waals surface area contributed by atoms with Gasteiger partial charge in [-0.1, -0.05) is 72.8 Å². The third-order valence-electron chi connectivity index (χ3n) is 7.74. The maximum Gasteiger partial charge on any atom is 0.110 e. The van der Waals surface area contributed by atoms with Crippen LogP contribution in [0.3, 0.4) is 0 Å². The smallest absolute Gasteiger partial charge is 0.110 e. The number of rotatable bonds is 2. The second-order valence-electron chi connectivity index (χ2n) is 9.78. The molecule has 38 heavy (non-hydrogen) atoms. The topological polar surface area (TPSA) is 9.86 Å². The van der Waals surface area contributed by atoms with Gasteiger partial charge in [0.2, 0.25) is 0 Å². The molecule has 0 aliphatic rings. The van der Waals surface area contributed by atoms with Gasteiger partial charge in [-0.15, -0.1) is 22.7 Å². The minimum Gasteiger partial charge on any atom is -0.309 e. The summed E-state index contributed by atoms with van der Waals surface area (Å²) in [5, 5.41) is 8.01. The summed E-state index contributed by atoms with van der Waals surface area (Å²) in [6, 6.07) is 44.1. The second kappa shape index (κ2) is 7.57. The van der Waals surface area contributed by atoms with Crippen molar-refractivity contribution in [3.05, 3.63) is 121 Å². The standard InChI is InChI=1S/C34H20N2S2/c1-2-10-21(11-3-1)35-27-15-7-4-12-23(27)26-20-22(18-19-28(26)35)36-33-31(24-13-5-8-16-29(24)37-33)32-25-14-6-9-17-30(25)38-34(32)36/h1-20H. The quantitative estimate of drug-likeness (QED) is 0.215. The third-order valence-corrected chi connectivity index (χ3v) is 10.1. The number of hydrogen-bond acceptors (Lipinski definition) is 2. The van der Waals surface area contributed by atoms with Crippen LogP contribution in [-0.4, -0.2) is 9.13 Å². The molecule has 0 aliphatic carbocycles. The van der Waals surface area contributed by atoms with Crippen molar-refractivity contribution in [2.24, 2.45) is 0 Å². The second-order valence-corrected chi connectivity index (χ2v) is 11.8. The Morgan fingerprint density at radius 1 is 0.395 bits per heavy atom. The van der Waals surface area contributed by atoms with Crippen LogP contribution in [0.15, 0.2) is 121 Å². The van der Waals surface area contributed by atoms with Gasteiger partial charge in [0.1, 0.15) is 9.66 Å². The first kappa shape index (κ1) is 20.7. The molecule has 0 radical (unpaired) electrons. The van der Waals surface area contributed by atoms with Crippen LogP contribution < -0.4 is 0 Å². The minimum absolute atomic E-state index is 1.19. The lowest BCUT2D eigenvalue weighted by Gasteiger charge is -2.09. The average Bonchev–Trinajstić information content (AvgIpc) is 3.69. The van der Waals surface area contributed by atoms with E-state index in [4.69, 9.17) is 0 Å². The van der Waals surface area contributed by atoms with Crippen LogP contribution in [0.25, 0.3) is 73.8 Å². The molecule has 0 amide bonds. The highest BCUT2D eigenvalue weighted by Gasteiger charge is 2.22. The molecule has 9 rings (SSSR count). The molecule has 2 nitrogen and oxygen atoms in total. The Labute approximate surface area is 226 Å². The molecule has 4 aromatic heterocycles. The highest BCUT2D eigenvalue weighted by atomic mass is 32.1. The average molecular weight is 521 g/mol. The van der Waals surface area contributed by atoms with Crippen LogP contribution in [0.2, 0.25) is 0 Å². The van der Waals surface area contributed by atoms with Crippen molar-refractivity contribution in [3.8, 4) is 11.4 Å². The monoisotopic (exact) mass is 520 g/mol. The summed E-state index contributed by atoms with van der Waals surface area (Å²) >= 11 is 3.80. The number of thiophene rings is 2. The summed E-state index contributed by atoms with van der Waals surface area (Å²) < 4.78 is 7.57. The van der Waals surface area contributed by atoms with E-state index >= 15 is 0 Å². The normalized spacial score (nSPS) is 12.2. The molecule has 0 fully saturated rings. The lowest BCUT2D eigenvalue weighted by atomic mass is 10.1. The number of fused-ring (bicyclic) bond motifs is 10. The van der Waals surface area contributed by atoms with Crippen LogP contribution in [0.1, 0.15) is 0 Å². The van der Waals surface area contributed by atoms with Gasteiger partial charge in [0.05, 0.1) is 11.0 Å². The van der Waals surface area contributed by atoms with Gasteiger partial charge in [-0.05, 0) is 48.5 Å². The molecule has 5 aromatic carbocycles. The number of aromatic nitrogens is 2. The fourth-order valence-corrected chi connectivity index (χ4v) is 8.68. The molecule has 9 aromatic rings. The van der Waals surface area contributed by atoms with E-state index < -0.39 is 0 Å². The molecule has 0 unspecified atom stereocenters. The van der Waals surface area contributed by atoms with E-state index in [1.54, 1.807) is 0 Å². The van der Waals surface area contributed by atoms with Gasteiger partial charge in [-0.2, -0.15) is 0 Å². The molecular weight excluding hydrogens is 501 g/mol. The zero-order chi connectivity index (χ0) is 24.8. The van der Waals surface area contributed by atoms with E-state index in [2.05, 4.69) is 130 Å². The number of hydrogen-bond donors (Lipinski definition) is 0. The van der Waals surface area contributed by atoms with Gasteiger partial charge < -0.3 is 4.57 Å². The molecule has 178 valence electrons. The Balaban J connectivity index is 1.43. The molecule has 4 heteroatoms. The van der Waals surface area contributed by atoms with Crippen molar-refractivity contribution in [2.75, 3.05) is 0 Å². The van der Waals surface area contributed by atoms with Crippen molar-refractivity contribution in [1.82, 2.24) is 9.13 Å². The molecule has 0 bridgehead atoms. The fourth-order valence-electron chi connectivity index (χ4n) is 6.15. The Morgan fingerprint density at radius 3 is 1.63 bits per heavy atom. The molecule has 0 saturated heterocycles. The van der Waals surface area contributed by atoms with E-state index in [1.807, 2.05) is 22.7 Å². The highest BCUT2D eigenvalue weighted by Crippen LogP contribution is 2.48. The van der Waals surface area contributed by atoms with Crippen LogP contribution in [-0.2, 0) is 0 Å². The molecule has 4 heterocycles. The van der Waals surface area contributed by atoms with Gasteiger partial charge in [0.25, 0.3) is 0 Å². The summed E-state index contributed by atoms with van der Waals surface area (Å²) in [4.78, 5) is 2.65. The Hall–Kier alpha value is -4.38. The Bertz CT molecular complexity index is 2260. The van der Waals surface area contributed by atoms with E-state index in [0.717, 1.165) is 0 Å². The Kier molecular flexibility index (Phi) is 4.12. The summed E-state index contributed by atoms with van der Waals surface area (Å²) in [5.74, 6) is 0. The lowest BCUT2D eigenvalue weighted by Crippen LogP contribution is -1.94. The van der Waals surface area contributed by atoms with Gasteiger partial charge in [0.15, 0.2) is 0 Å². The first-order valence-corrected chi connectivity index (χ1v) is 14.4. The first-order valence-electron chi connectivity index (χ1n) is 12.8. The van der Waals surface area contributed by atoms with Crippen molar-refractivity contribution in [1.29, 1.82) is 0 Å². The summed E-state index contributed by atoms with van der Waals surface area (Å²) in [6.07, 6.45) is 0.